The Balaban J connectivity index is 1.65. The molecule has 4 rings (SSSR count). The van der Waals surface area contributed by atoms with Gasteiger partial charge in [0, 0.05) is 18.0 Å². The zero-order valence-electron chi connectivity index (χ0n) is 14.7. The van der Waals surface area contributed by atoms with E-state index < -0.39 is 6.04 Å². The van der Waals surface area contributed by atoms with E-state index in [0.29, 0.717) is 24.3 Å². The van der Waals surface area contributed by atoms with Gasteiger partial charge in [0.05, 0.1) is 12.6 Å². The molecule has 0 aliphatic carbocycles. The average Bonchev–Trinajstić information content (AvgIpc) is 3.13. The molecule has 0 fully saturated rings. The van der Waals surface area contributed by atoms with Crippen molar-refractivity contribution >= 4 is 5.91 Å². The summed E-state index contributed by atoms with van der Waals surface area (Å²) in [7, 11) is 0. The second kappa shape index (κ2) is 7.61. The Morgan fingerprint density at radius 1 is 1.22 bits per heavy atom. The van der Waals surface area contributed by atoms with Gasteiger partial charge in [0.1, 0.15) is 11.6 Å². The smallest absolute Gasteiger partial charge is 0.249 e. The minimum absolute atomic E-state index is 0.188. The first-order valence-corrected chi connectivity index (χ1v) is 8.99. The SMILES string of the molecule is O=C(N[C@H]1CCCOc2ccc(F)cc21)[C@@H](c1ccccc1)n1cccn1. The van der Waals surface area contributed by atoms with Crippen molar-refractivity contribution in [2.24, 2.45) is 0 Å². The highest BCUT2D eigenvalue weighted by atomic mass is 19.1. The molecule has 2 aromatic carbocycles. The van der Waals surface area contributed by atoms with Crippen LogP contribution in [0.5, 0.6) is 5.75 Å². The van der Waals surface area contributed by atoms with E-state index >= 15 is 0 Å². The Hall–Kier alpha value is -3.15. The van der Waals surface area contributed by atoms with Gasteiger partial charge >= 0.3 is 0 Å². The number of nitrogens with zero attached hydrogens (tertiary/aromatic N) is 2. The van der Waals surface area contributed by atoms with Crippen LogP contribution in [0.3, 0.4) is 0 Å². The molecule has 5 nitrogen and oxygen atoms in total. The van der Waals surface area contributed by atoms with Crippen LogP contribution in [0.1, 0.15) is 36.1 Å². The summed E-state index contributed by atoms with van der Waals surface area (Å²) in [6, 6.07) is 14.8. The molecule has 138 valence electrons. The summed E-state index contributed by atoms with van der Waals surface area (Å²) in [5.41, 5.74) is 1.51. The molecular formula is C21H20FN3O2. The van der Waals surface area contributed by atoms with Gasteiger partial charge in [0.2, 0.25) is 5.91 Å². The first-order valence-electron chi connectivity index (χ1n) is 8.99. The lowest BCUT2D eigenvalue weighted by molar-refractivity contribution is -0.124. The molecule has 1 aliphatic heterocycles. The molecule has 0 unspecified atom stereocenters. The number of rotatable bonds is 4. The summed E-state index contributed by atoms with van der Waals surface area (Å²) < 4.78 is 21.1. The lowest BCUT2D eigenvalue weighted by Gasteiger charge is -2.23. The number of carbonyl (C=O) groups excluding carboxylic acids is 1. The lowest BCUT2D eigenvalue weighted by atomic mass is 10.00. The lowest BCUT2D eigenvalue weighted by Crippen LogP contribution is -2.36. The summed E-state index contributed by atoms with van der Waals surface area (Å²) >= 11 is 0. The van der Waals surface area contributed by atoms with Crippen LogP contribution in [-0.2, 0) is 4.79 Å². The van der Waals surface area contributed by atoms with Crippen LogP contribution in [-0.4, -0.2) is 22.3 Å². The van der Waals surface area contributed by atoms with E-state index in [4.69, 9.17) is 4.74 Å². The molecule has 0 radical (unpaired) electrons. The fourth-order valence-corrected chi connectivity index (χ4v) is 3.44. The van der Waals surface area contributed by atoms with Crippen molar-refractivity contribution in [1.82, 2.24) is 15.1 Å². The molecule has 2 atom stereocenters. The first kappa shape index (κ1) is 17.3. The van der Waals surface area contributed by atoms with Crippen molar-refractivity contribution < 1.29 is 13.9 Å². The quantitative estimate of drug-likeness (QED) is 0.768. The maximum atomic E-state index is 13.8. The number of nitrogens with one attached hydrogen (secondary N) is 1. The van der Waals surface area contributed by atoms with Crippen LogP contribution in [0.2, 0.25) is 0 Å². The molecule has 27 heavy (non-hydrogen) atoms. The van der Waals surface area contributed by atoms with Gasteiger partial charge in [-0.25, -0.2) is 4.39 Å². The predicted octanol–water partition coefficient (Wildman–Crippen LogP) is 3.64. The van der Waals surface area contributed by atoms with Gasteiger partial charge in [-0.15, -0.1) is 0 Å². The fraction of sp³-hybridized carbons (Fsp3) is 0.238. The minimum atomic E-state index is -0.595. The average molecular weight is 365 g/mol. The number of hydrogen-bond acceptors (Lipinski definition) is 3. The van der Waals surface area contributed by atoms with Crippen molar-refractivity contribution in [2.75, 3.05) is 6.61 Å². The Bertz CT molecular complexity index is 912. The van der Waals surface area contributed by atoms with Gasteiger partial charge in [0.15, 0.2) is 6.04 Å². The van der Waals surface area contributed by atoms with Crippen molar-refractivity contribution in [3.63, 3.8) is 0 Å². The van der Waals surface area contributed by atoms with Crippen molar-refractivity contribution in [1.29, 1.82) is 0 Å². The van der Waals surface area contributed by atoms with E-state index in [1.165, 1.54) is 12.1 Å². The van der Waals surface area contributed by atoms with Crippen molar-refractivity contribution in [3.8, 4) is 5.75 Å². The third-order valence-electron chi connectivity index (χ3n) is 4.71. The van der Waals surface area contributed by atoms with Crippen LogP contribution in [0.4, 0.5) is 4.39 Å². The van der Waals surface area contributed by atoms with Gasteiger partial charge < -0.3 is 10.1 Å². The van der Waals surface area contributed by atoms with Gasteiger partial charge in [-0.1, -0.05) is 30.3 Å². The summed E-state index contributed by atoms with van der Waals surface area (Å²) in [5, 5.41) is 7.34. The number of carbonyl (C=O) groups is 1. The molecular weight excluding hydrogens is 345 g/mol. The molecule has 0 bridgehead atoms. The van der Waals surface area contributed by atoms with E-state index in [1.54, 1.807) is 29.2 Å². The fourth-order valence-electron chi connectivity index (χ4n) is 3.44. The Labute approximate surface area is 156 Å². The van der Waals surface area contributed by atoms with Gasteiger partial charge in [0.25, 0.3) is 0 Å². The van der Waals surface area contributed by atoms with Crippen molar-refractivity contribution in [2.45, 2.75) is 24.9 Å². The maximum absolute atomic E-state index is 13.8. The third-order valence-corrected chi connectivity index (χ3v) is 4.71. The largest absolute Gasteiger partial charge is 0.493 e. The summed E-state index contributed by atoms with van der Waals surface area (Å²) in [5.74, 6) is 0.0896. The standard InChI is InChI=1S/C21H20FN3O2/c22-16-9-10-19-17(14-16)18(8-4-13-27-19)24-21(26)20(25-12-5-11-23-25)15-6-2-1-3-7-15/h1-3,5-7,9-12,14,18,20H,4,8,13H2,(H,24,26)/t18-,20+/m0/s1. The topological polar surface area (TPSA) is 56.1 Å². The van der Waals surface area contributed by atoms with E-state index in [-0.39, 0.29) is 17.8 Å². The monoisotopic (exact) mass is 365 g/mol. The first-order chi connectivity index (χ1) is 13.2. The highest BCUT2D eigenvalue weighted by Gasteiger charge is 2.28. The van der Waals surface area contributed by atoms with Crippen LogP contribution in [0, 0.1) is 5.82 Å². The zero-order valence-corrected chi connectivity index (χ0v) is 14.7. The molecule has 6 heteroatoms. The third kappa shape index (κ3) is 3.69. The molecule has 1 amide bonds. The number of hydrogen-bond donors (Lipinski definition) is 1. The normalized spacial score (nSPS) is 17.3. The van der Waals surface area contributed by atoms with Gasteiger partial charge in [-0.05, 0) is 42.7 Å². The number of aromatic nitrogens is 2. The van der Waals surface area contributed by atoms with Crippen LogP contribution in [0.25, 0.3) is 0 Å². The highest BCUT2D eigenvalue weighted by molar-refractivity contribution is 5.84. The van der Waals surface area contributed by atoms with Crippen molar-refractivity contribution in [3.05, 3.63) is 83.9 Å². The molecule has 2 heterocycles. The Morgan fingerprint density at radius 2 is 2.07 bits per heavy atom. The maximum Gasteiger partial charge on any atom is 0.249 e. The van der Waals surface area contributed by atoms with E-state index in [1.807, 2.05) is 30.3 Å². The number of benzene rings is 2. The predicted molar refractivity (Wildman–Crippen MR) is 98.8 cm³/mol. The number of fused-ring (bicyclic) bond motifs is 1. The Morgan fingerprint density at radius 3 is 2.85 bits per heavy atom. The molecule has 0 saturated heterocycles. The minimum Gasteiger partial charge on any atom is -0.493 e. The number of ether oxygens (including phenoxy) is 1. The molecule has 1 N–H and O–H groups in total. The van der Waals surface area contributed by atoms with E-state index in [2.05, 4.69) is 10.4 Å². The molecule has 0 saturated carbocycles. The van der Waals surface area contributed by atoms with Crippen LogP contribution < -0.4 is 10.1 Å². The van der Waals surface area contributed by atoms with E-state index in [0.717, 1.165) is 12.0 Å². The number of halogens is 1. The van der Waals surface area contributed by atoms with Gasteiger partial charge in [-0.2, -0.15) is 5.10 Å². The summed E-state index contributed by atoms with van der Waals surface area (Å²) in [4.78, 5) is 13.2. The highest BCUT2D eigenvalue weighted by Crippen LogP contribution is 2.32. The molecule has 3 aromatic rings. The zero-order chi connectivity index (χ0) is 18.6. The summed E-state index contributed by atoms with van der Waals surface area (Å²) in [6.07, 6.45) is 4.87. The summed E-state index contributed by atoms with van der Waals surface area (Å²) in [6.45, 7) is 0.548. The van der Waals surface area contributed by atoms with Gasteiger partial charge in [-0.3, -0.25) is 9.48 Å². The van der Waals surface area contributed by atoms with Crippen LogP contribution in [0.15, 0.2) is 67.0 Å². The molecule has 1 aromatic heterocycles. The van der Waals surface area contributed by atoms with Crippen LogP contribution >= 0.6 is 0 Å². The molecule has 1 aliphatic rings. The Kier molecular flexibility index (Phi) is 4.87. The second-order valence-electron chi connectivity index (χ2n) is 6.53. The number of amides is 1. The van der Waals surface area contributed by atoms with E-state index in [9.17, 15) is 9.18 Å². The second-order valence-corrected chi connectivity index (χ2v) is 6.53. The molecule has 0 spiro atoms.